The van der Waals surface area contributed by atoms with E-state index in [9.17, 15) is 4.79 Å². The molecule has 0 spiro atoms. The molecule has 0 atom stereocenters. The van der Waals surface area contributed by atoms with Crippen molar-refractivity contribution >= 4 is 17.0 Å². The summed E-state index contributed by atoms with van der Waals surface area (Å²) < 4.78 is 0. The number of benzene rings is 1. The highest BCUT2D eigenvalue weighted by molar-refractivity contribution is 6.01. The Kier molecular flexibility index (Phi) is 3.21. The first-order valence-electron chi connectivity index (χ1n) is 6.48. The smallest absolute Gasteiger partial charge is 0.336 e. The van der Waals surface area contributed by atoms with Crippen LogP contribution in [0.5, 0.6) is 0 Å². The van der Waals surface area contributed by atoms with Gasteiger partial charge in [-0.3, -0.25) is 0 Å². The van der Waals surface area contributed by atoms with E-state index in [-0.39, 0.29) is 5.56 Å². The molecule has 0 bridgehead atoms. The summed E-state index contributed by atoms with van der Waals surface area (Å²) in [4.78, 5) is 18.5. The lowest BCUT2D eigenvalue weighted by Crippen LogP contribution is -1.96. The Labute approximate surface area is 116 Å². The van der Waals surface area contributed by atoms with Gasteiger partial charge in [0.2, 0.25) is 0 Å². The molecule has 20 heavy (non-hydrogen) atoms. The third-order valence-corrected chi connectivity index (χ3v) is 3.34. The highest BCUT2D eigenvalue weighted by Crippen LogP contribution is 2.19. The molecule has 3 rings (SSSR count). The average Bonchev–Trinajstić information content (AvgIpc) is 2.88. The minimum Gasteiger partial charge on any atom is -0.478 e. The van der Waals surface area contributed by atoms with Crippen molar-refractivity contribution in [3.05, 3.63) is 65.5 Å². The zero-order chi connectivity index (χ0) is 13.9. The molecule has 2 N–H and O–H groups in total. The van der Waals surface area contributed by atoms with Crippen LogP contribution in [-0.4, -0.2) is 21.0 Å². The van der Waals surface area contributed by atoms with Gasteiger partial charge in [-0.25, -0.2) is 9.78 Å². The lowest BCUT2D eigenvalue weighted by atomic mass is 10.1. The Bertz CT molecular complexity index is 748. The Morgan fingerprint density at radius 2 is 1.95 bits per heavy atom. The zero-order valence-electron chi connectivity index (χ0n) is 10.8. The number of aromatic carboxylic acids is 1. The van der Waals surface area contributed by atoms with Crippen molar-refractivity contribution in [2.24, 2.45) is 0 Å². The van der Waals surface area contributed by atoms with E-state index in [2.05, 4.69) is 22.1 Å². The number of aromatic amines is 1. The molecule has 0 aliphatic carbocycles. The van der Waals surface area contributed by atoms with Crippen molar-refractivity contribution in [2.45, 2.75) is 12.8 Å². The number of rotatable bonds is 4. The van der Waals surface area contributed by atoms with Crippen molar-refractivity contribution in [2.75, 3.05) is 0 Å². The van der Waals surface area contributed by atoms with Crippen molar-refractivity contribution in [3.8, 4) is 0 Å². The van der Waals surface area contributed by atoms with Crippen LogP contribution in [0.4, 0.5) is 0 Å². The SMILES string of the molecule is O=C(O)c1ccnc2[nH]c(CCc3ccccc3)cc12. The fraction of sp³-hybridized carbons (Fsp3) is 0.125. The van der Waals surface area contributed by atoms with E-state index in [0.29, 0.717) is 11.0 Å². The van der Waals surface area contributed by atoms with Crippen molar-refractivity contribution in [1.29, 1.82) is 0 Å². The van der Waals surface area contributed by atoms with Gasteiger partial charge in [-0.1, -0.05) is 30.3 Å². The molecule has 0 aliphatic rings. The Morgan fingerprint density at radius 1 is 1.15 bits per heavy atom. The van der Waals surface area contributed by atoms with Gasteiger partial charge in [-0.2, -0.15) is 0 Å². The lowest BCUT2D eigenvalue weighted by molar-refractivity contribution is 0.0699. The third-order valence-electron chi connectivity index (χ3n) is 3.34. The summed E-state index contributed by atoms with van der Waals surface area (Å²) in [5.41, 5.74) is 3.19. The first-order chi connectivity index (χ1) is 9.74. The summed E-state index contributed by atoms with van der Waals surface area (Å²) in [7, 11) is 0. The lowest BCUT2D eigenvalue weighted by Gasteiger charge is -1.98. The number of H-pyrrole nitrogens is 1. The second-order valence-corrected chi connectivity index (χ2v) is 4.71. The molecule has 2 aromatic heterocycles. The molecular formula is C16H14N2O2. The van der Waals surface area contributed by atoms with Gasteiger partial charge in [0.25, 0.3) is 0 Å². The predicted octanol–water partition coefficient (Wildman–Crippen LogP) is 3.05. The van der Waals surface area contributed by atoms with E-state index >= 15 is 0 Å². The van der Waals surface area contributed by atoms with Crippen LogP contribution in [0.3, 0.4) is 0 Å². The number of pyridine rings is 1. The molecular weight excluding hydrogens is 252 g/mol. The minimum atomic E-state index is -0.925. The normalized spacial score (nSPS) is 10.8. The number of nitrogens with one attached hydrogen (secondary N) is 1. The molecule has 2 heterocycles. The molecule has 0 saturated carbocycles. The molecule has 0 aliphatic heterocycles. The van der Waals surface area contributed by atoms with E-state index in [1.165, 1.54) is 17.8 Å². The van der Waals surface area contributed by atoms with Crippen LogP contribution in [0, 0.1) is 0 Å². The Hall–Kier alpha value is -2.62. The summed E-state index contributed by atoms with van der Waals surface area (Å²) in [6.45, 7) is 0. The number of nitrogens with zero attached hydrogens (tertiary/aromatic N) is 1. The summed E-state index contributed by atoms with van der Waals surface area (Å²) in [6.07, 6.45) is 3.26. The zero-order valence-corrected chi connectivity index (χ0v) is 10.8. The predicted molar refractivity (Wildman–Crippen MR) is 76.9 cm³/mol. The maximum absolute atomic E-state index is 11.2. The fourth-order valence-corrected chi connectivity index (χ4v) is 2.33. The largest absolute Gasteiger partial charge is 0.478 e. The van der Waals surface area contributed by atoms with Crippen LogP contribution >= 0.6 is 0 Å². The molecule has 3 aromatic rings. The van der Waals surface area contributed by atoms with E-state index in [1.807, 2.05) is 24.3 Å². The van der Waals surface area contributed by atoms with Crippen LogP contribution in [0.25, 0.3) is 11.0 Å². The molecule has 0 radical (unpaired) electrons. The van der Waals surface area contributed by atoms with E-state index in [4.69, 9.17) is 5.11 Å². The van der Waals surface area contributed by atoms with Gasteiger partial charge in [0, 0.05) is 17.3 Å². The molecule has 4 heteroatoms. The molecule has 0 fully saturated rings. The van der Waals surface area contributed by atoms with Crippen molar-refractivity contribution in [3.63, 3.8) is 0 Å². The standard InChI is InChI=1S/C16H14N2O2/c19-16(20)13-8-9-17-15-14(13)10-12(18-15)7-6-11-4-2-1-3-5-11/h1-5,8-10H,6-7H2,(H,17,18)(H,19,20). The molecule has 0 saturated heterocycles. The number of carbonyl (C=O) groups is 1. The molecule has 0 amide bonds. The second-order valence-electron chi connectivity index (χ2n) is 4.71. The van der Waals surface area contributed by atoms with Crippen molar-refractivity contribution < 1.29 is 9.90 Å². The third kappa shape index (κ3) is 2.40. The number of aryl methyl sites for hydroxylation is 2. The van der Waals surface area contributed by atoms with Crippen LogP contribution < -0.4 is 0 Å². The summed E-state index contributed by atoms with van der Waals surface area (Å²) >= 11 is 0. The van der Waals surface area contributed by atoms with E-state index in [1.54, 1.807) is 0 Å². The number of hydrogen-bond donors (Lipinski definition) is 2. The van der Waals surface area contributed by atoms with Gasteiger partial charge >= 0.3 is 5.97 Å². The molecule has 100 valence electrons. The highest BCUT2D eigenvalue weighted by atomic mass is 16.4. The summed E-state index contributed by atoms with van der Waals surface area (Å²) in [5, 5.41) is 9.83. The number of carboxylic acids is 1. The van der Waals surface area contributed by atoms with Crippen molar-refractivity contribution in [1.82, 2.24) is 9.97 Å². The Balaban J connectivity index is 1.86. The van der Waals surface area contributed by atoms with E-state index in [0.717, 1.165) is 18.5 Å². The summed E-state index contributed by atoms with van der Waals surface area (Å²) in [5.74, 6) is -0.925. The average molecular weight is 266 g/mol. The van der Waals surface area contributed by atoms with Gasteiger partial charge in [-0.05, 0) is 30.5 Å². The first kappa shape index (κ1) is 12.4. The Morgan fingerprint density at radius 3 is 2.70 bits per heavy atom. The monoisotopic (exact) mass is 266 g/mol. The highest BCUT2D eigenvalue weighted by Gasteiger charge is 2.11. The summed E-state index contributed by atoms with van der Waals surface area (Å²) in [6, 6.07) is 13.6. The number of hydrogen-bond acceptors (Lipinski definition) is 2. The number of aromatic nitrogens is 2. The molecule has 0 unspecified atom stereocenters. The van der Waals surface area contributed by atoms with Crippen LogP contribution in [-0.2, 0) is 12.8 Å². The van der Waals surface area contributed by atoms with Gasteiger partial charge < -0.3 is 10.1 Å². The number of fused-ring (bicyclic) bond motifs is 1. The van der Waals surface area contributed by atoms with Crippen LogP contribution in [0.2, 0.25) is 0 Å². The second kappa shape index (κ2) is 5.17. The van der Waals surface area contributed by atoms with Gasteiger partial charge in [0.15, 0.2) is 0 Å². The molecule has 4 nitrogen and oxygen atoms in total. The molecule has 1 aromatic carbocycles. The van der Waals surface area contributed by atoms with Gasteiger partial charge in [0.05, 0.1) is 5.56 Å². The number of carboxylic acid groups (broad SMARTS) is 1. The maximum Gasteiger partial charge on any atom is 0.336 e. The van der Waals surface area contributed by atoms with Gasteiger partial charge in [-0.15, -0.1) is 0 Å². The topological polar surface area (TPSA) is 66.0 Å². The fourth-order valence-electron chi connectivity index (χ4n) is 2.33. The maximum atomic E-state index is 11.2. The van der Waals surface area contributed by atoms with Crippen LogP contribution in [0.15, 0.2) is 48.7 Å². The van der Waals surface area contributed by atoms with Crippen LogP contribution in [0.1, 0.15) is 21.6 Å². The minimum absolute atomic E-state index is 0.289. The quantitative estimate of drug-likeness (QED) is 0.762. The van der Waals surface area contributed by atoms with Gasteiger partial charge in [0.1, 0.15) is 5.65 Å². The van der Waals surface area contributed by atoms with E-state index < -0.39 is 5.97 Å². The first-order valence-corrected chi connectivity index (χ1v) is 6.48.